The van der Waals surface area contributed by atoms with E-state index in [1.807, 2.05) is 0 Å². The molecule has 2 saturated carbocycles. The highest BCUT2D eigenvalue weighted by molar-refractivity contribution is 5.39. The third kappa shape index (κ3) is 2.55. The first kappa shape index (κ1) is 20.0. The summed E-state index contributed by atoms with van der Waals surface area (Å²) in [5.74, 6) is 3.51. The highest BCUT2D eigenvalue weighted by Crippen LogP contribution is 2.66. The molecule has 2 heterocycles. The van der Waals surface area contributed by atoms with Crippen molar-refractivity contribution in [3.63, 3.8) is 0 Å². The number of aliphatic hydroxyl groups excluding tert-OH is 1. The third-order valence-corrected chi connectivity index (χ3v) is 10.8. The standard InChI is InChI=1S/C27H41NO2/c1-15-11-24-25(28-14-15)17(3)27(30-24)10-8-22-21(16(27)2)13-23-20-6-5-19(29)12-18(20)7-9-26(22,23)4/h7,15,17,19-20,22-25,28-29H,5-6,8-14H2,1-4H3/t15-,17?,19-,20?,22?,23+,24?,25-,26-,27-/m0/s1. The summed E-state index contributed by atoms with van der Waals surface area (Å²) in [6.07, 6.45) is 12.2. The van der Waals surface area contributed by atoms with Crippen molar-refractivity contribution in [2.45, 2.75) is 103 Å². The van der Waals surface area contributed by atoms with E-state index < -0.39 is 0 Å². The second-order valence-corrected chi connectivity index (χ2v) is 12.2. The highest BCUT2D eigenvalue weighted by Gasteiger charge is 2.61. The van der Waals surface area contributed by atoms with Crippen molar-refractivity contribution in [3.8, 4) is 0 Å². The van der Waals surface area contributed by atoms with E-state index in [4.69, 9.17) is 4.74 Å². The Morgan fingerprint density at radius 2 is 2.00 bits per heavy atom. The largest absolute Gasteiger partial charge is 0.393 e. The van der Waals surface area contributed by atoms with Crippen LogP contribution in [-0.2, 0) is 4.74 Å². The van der Waals surface area contributed by atoms with Crippen molar-refractivity contribution in [1.29, 1.82) is 0 Å². The number of fused-ring (bicyclic) bond motifs is 6. The van der Waals surface area contributed by atoms with Gasteiger partial charge >= 0.3 is 0 Å². The molecule has 0 aromatic rings. The van der Waals surface area contributed by atoms with Gasteiger partial charge in [-0.05, 0) is 99.5 Å². The van der Waals surface area contributed by atoms with Crippen LogP contribution in [0.1, 0.15) is 79.1 Å². The predicted octanol–water partition coefficient (Wildman–Crippen LogP) is 5.00. The van der Waals surface area contributed by atoms with Gasteiger partial charge < -0.3 is 15.2 Å². The maximum absolute atomic E-state index is 10.2. The molecule has 4 fully saturated rings. The van der Waals surface area contributed by atoms with Crippen LogP contribution in [0.2, 0.25) is 0 Å². The van der Waals surface area contributed by atoms with Crippen molar-refractivity contribution >= 4 is 0 Å². The molecule has 2 N–H and O–H groups in total. The number of allylic oxidation sites excluding steroid dienone is 2. The lowest BCUT2D eigenvalue weighted by atomic mass is 9.57. The quantitative estimate of drug-likeness (QED) is 0.551. The van der Waals surface area contributed by atoms with E-state index in [2.05, 4.69) is 39.1 Å². The molecule has 10 atom stereocenters. The van der Waals surface area contributed by atoms with Crippen LogP contribution in [0.15, 0.2) is 22.8 Å². The van der Waals surface area contributed by atoms with E-state index in [1.54, 1.807) is 16.7 Å². The monoisotopic (exact) mass is 411 g/mol. The van der Waals surface area contributed by atoms with Gasteiger partial charge in [0.05, 0.1) is 17.8 Å². The molecule has 6 rings (SSSR count). The fourth-order valence-electron chi connectivity index (χ4n) is 9.13. The normalized spacial score (nSPS) is 55.0. The zero-order valence-corrected chi connectivity index (χ0v) is 19.4. The molecule has 2 saturated heterocycles. The zero-order chi connectivity index (χ0) is 20.8. The second kappa shape index (κ2) is 6.68. The molecule has 0 aromatic carbocycles. The molecule has 166 valence electrons. The summed E-state index contributed by atoms with van der Waals surface area (Å²) < 4.78 is 7.04. The molecule has 3 nitrogen and oxygen atoms in total. The number of ether oxygens (including phenoxy) is 1. The van der Waals surface area contributed by atoms with Gasteiger partial charge in [0.15, 0.2) is 0 Å². The minimum atomic E-state index is -0.101. The van der Waals surface area contributed by atoms with Gasteiger partial charge in [0, 0.05) is 12.0 Å². The van der Waals surface area contributed by atoms with E-state index >= 15 is 0 Å². The molecule has 3 heteroatoms. The summed E-state index contributed by atoms with van der Waals surface area (Å²) in [4.78, 5) is 0. The Labute approximate surface area is 182 Å². The maximum Gasteiger partial charge on any atom is 0.0937 e. The van der Waals surface area contributed by atoms with E-state index in [-0.39, 0.29) is 11.7 Å². The lowest BCUT2D eigenvalue weighted by Gasteiger charge is -2.48. The summed E-state index contributed by atoms with van der Waals surface area (Å²) in [5.41, 5.74) is 5.35. The van der Waals surface area contributed by atoms with Crippen molar-refractivity contribution < 1.29 is 9.84 Å². The van der Waals surface area contributed by atoms with Gasteiger partial charge in [-0.25, -0.2) is 0 Å². The van der Waals surface area contributed by atoms with Crippen LogP contribution in [0.3, 0.4) is 0 Å². The van der Waals surface area contributed by atoms with E-state index in [1.165, 1.54) is 38.5 Å². The van der Waals surface area contributed by atoms with Crippen LogP contribution in [0, 0.1) is 35.0 Å². The van der Waals surface area contributed by atoms with Gasteiger partial charge in [-0.1, -0.05) is 38.0 Å². The lowest BCUT2D eigenvalue weighted by Crippen LogP contribution is -2.49. The molecule has 0 amide bonds. The zero-order valence-electron chi connectivity index (χ0n) is 19.4. The predicted molar refractivity (Wildman–Crippen MR) is 120 cm³/mol. The van der Waals surface area contributed by atoms with Gasteiger partial charge in [0.25, 0.3) is 0 Å². The SMILES string of the molecule is CC1=C2C[C@@H]3C4CC[C@H](O)CC4=CC[C@@]3(C)C2CC[C@]12OC1C[C@H](C)CN[C@H]1C2C. The molecule has 0 aromatic heterocycles. The van der Waals surface area contributed by atoms with Crippen LogP contribution in [-0.4, -0.2) is 35.5 Å². The van der Waals surface area contributed by atoms with Crippen LogP contribution in [0.5, 0.6) is 0 Å². The first-order valence-corrected chi connectivity index (χ1v) is 12.8. The Bertz CT molecular complexity index is 801. The van der Waals surface area contributed by atoms with E-state index in [0.29, 0.717) is 29.4 Å². The Hall–Kier alpha value is -0.640. The smallest absolute Gasteiger partial charge is 0.0937 e. The molecule has 0 radical (unpaired) electrons. The Morgan fingerprint density at radius 1 is 1.17 bits per heavy atom. The number of rotatable bonds is 0. The topological polar surface area (TPSA) is 41.5 Å². The molecular formula is C27H41NO2. The van der Waals surface area contributed by atoms with Crippen LogP contribution < -0.4 is 5.32 Å². The molecule has 2 aliphatic heterocycles. The minimum absolute atomic E-state index is 0.0267. The van der Waals surface area contributed by atoms with E-state index in [9.17, 15) is 5.11 Å². The van der Waals surface area contributed by atoms with Crippen LogP contribution >= 0.6 is 0 Å². The number of piperidine rings is 1. The number of nitrogens with one attached hydrogen (secondary N) is 1. The Kier molecular flexibility index (Phi) is 4.46. The van der Waals surface area contributed by atoms with Crippen molar-refractivity contribution in [3.05, 3.63) is 22.8 Å². The molecule has 1 spiro atoms. The highest BCUT2D eigenvalue weighted by atomic mass is 16.5. The van der Waals surface area contributed by atoms with Gasteiger partial charge in [-0.2, -0.15) is 0 Å². The van der Waals surface area contributed by atoms with Gasteiger partial charge in [-0.15, -0.1) is 0 Å². The second-order valence-electron chi connectivity index (χ2n) is 12.2. The average Bonchev–Trinajstić information content (AvgIpc) is 3.17. The van der Waals surface area contributed by atoms with Gasteiger partial charge in [-0.3, -0.25) is 0 Å². The maximum atomic E-state index is 10.2. The van der Waals surface area contributed by atoms with Crippen molar-refractivity contribution in [2.24, 2.45) is 35.0 Å². The van der Waals surface area contributed by atoms with Crippen LogP contribution in [0.25, 0.3) is 0 Å². The molecule has 6 aliphatic rings. The summed E-state index contributed by atoms with van der Waals surface area (Å²) in [6.45, 7) is 11.0. The summed E-state index contributed by atoms with van der Waals surface area (Å²) in [5, 5.41) is 14.1. The molecule has 4 aliphatic carbocycles. The summed E-state index contributed by atoms with van der Waals surface area (Å²) in [6, 6.07) is 0.528. The third-order valence-electron chi connectivity index (χ3n) is 10.8. The van der Waals surface area contributed by atoms with E-state index in [0.717, 1.165) is 37.1 Å². The molecule has 0 bridgehead atoms. The summed E-state index contributed by atoms with van der Waals surface area (Å²) >= 11 is 0. The molecular weight excluding hydrogens is 370 g/mol. The Morgan fingerprint density at radius 3 is 2.83 bits per heavy atom. The van der Waals surface area contributed by atoms with Crippen molar-refractivity contribution in [1.82, 2.24) is 5.32 Å². The number of aliphatic hydroxyl groups is 1. The summed E-state index contributed by atoms with van der Waals surface area (Å²) in [7, 11) is 0. The number of hydrogen-bond donors (Lipinski definition) is 2. The van der Waals surface area contributed by atoms with Gasteiger partial charge in [0.1, 0.15) is 0 Å². The Balaban J connectivity index is 1.35. The number of hydrogen-bond acceptors (Lipinski definition) is 3. The first-order valence-electron chi connectivity index (χ1n) is 12.8. The average molecular weight is 412 g/mol. The lowest BCUT2D eigenvalue weighted by molar-refractivity contribution is -0.0575. The minimum Gasteiger partial charge on any atom is -0.393 e. The molecule has 4 unspecified atom stereocenters. The first-order chi connectivity index (χ1) is 14.3. The van der Waals surface area contributed by atoms with Crippen molar-refractivity contribution in [2.75, 3.05) is 6.54 Å². The fraction of sp³-hybridized carbons (Fsp3) is 0.852. The van der Waals surface area contributed by atoms with Gasteiger partial charge in [0.2, 0.25) is 0 Å². The molecule has 30 heavy (non-hydrogen) atoms. The fourth-order valence-corrected chi connectivity index (χ4v) is 9.13. The van der Waals surface area contributed by atoms with Crippen LogP contribution in [0.4, 0.5) is 0 Å².